The first-order chi connectivity index (χ1) is 8.93. The highest BCUT2D eigenvalue weighted by atomic mass is 19.4. The zero-order valence-corrected chi connectivity index (χ0v) is 11.9. The minimum absolute atomic E-state index is 0.100. The van der Waals surface area contributed by atoms with E-state index in [0.717, 1.165) is 25.7 Å². The molecule has 0 aromatic rings. The van der Waals surface area contributed by atoms with E-state index in [9.17, 15) is 13.2 Å². The second-order valence-corrected chi connectivity index (χ2v) is 5.68. The third-order valence-electron chi connectivity index (χ3n) is 4.24. The first-order valence-corrected chi connectivity index (χ1v) is 6.98. The van der Waals surface area contributed by atoms with Gasteiger partial charge in [-0.25, -0.2) is 0 Å². The molecule has 2 nitrogen and oxygen atoms in total. The average Bonchev–Trinajstić information content (AvgIpc) is 2.37. The fraction of sp³-hybridized carbons (Fsp3) is 1.00. The number of hydrogen-bond acceptors (Lipinski definition) is 2. The SMILES string of the molecule is COCC(CCC(F)(F)F)(COC)C1CCCCC1. The van der Waals surface area contributed by atoms with E-state index in [1.165, 1.54) is 6.42 Å². The monoisotopic (exact) mass is 282 g/mol. The van der Waals surface area contributed by atoms with Crippen LogP contribution >= 0.6 is 0 Å². The standard InChI is InChI=1S/C14H25F3O2/c1-18-10-13(11-19-2,8-9-14(15,16)17)12-6-4-3-5-7-12/h12H,3-11H2,1-2H3. The molecule has 5 heteroatoms. The molecular formula is C14H25F3O2. The van der Waals surface area contributed by atoms with Gasteiger partial charge in [0.25, 0.3) is 0 Å². The second-order valence-electron chi connectivity index (χ2n) is 5.68. The fourth-order valence-electron chi connectivity index (χ4n) is 3.31. The molecule has 0 bridgehead atoms. The number of hydrogen-bond donors (Lipinski definition) is 0. The van der Waals surface area contributed by atoms with Gasteiger partial charge in [0.05, 0.1) is 13.2 Å². The van der Waals surface area contributed by atoms with Gasteiger partial charge in [-0.2, -0.15) is 13.2 Å². The Balaban J connectivity index is 2.78. The quantitative estimate of drug-likeness (QED) is 0.697. The van der Waals surface area contributed by atoms with Crippen molar-refractivity contribution < 1.29 is 22.6 Å². The zero-order chi connectivity index (χ0) is 14.4. The van der Waals surface area contributed by atoms with Gasteiger partial charge in [-0.05, 0) is 25.2 Å². The highest BCUT2D eigenvalue weighted by Gasteiger charge is 2.42. The third-order valence-corrected chi connectivity index (χ3v) is 4.24. The van der Waals surface area contributed by atoms with E-state index in [0.29, 0.717) is 13.2 Å². The Kier molecular flexibility index (Phi) is 6.60. The molecule has 0 radical (unpaired) electrons. The predicted octanol–water partition coefficient (Wildman–Crippen LogP) is 4.19. The van der Waals surface area contributed by atoms with Crippen molar-refractivity contribution in [2.75, 3.05) is 27.4 Å². The van der Waals surface area contributed by atoms with Crippen LogP contribution in [-0.4, -0.2) is 33.6 Å². The molecule has 0 heterocycles. The molecule has 114 valence electrons. The Labute approximate surface area is 113 Å². The summed E-state index contributed by atoms with van der Waals surface area (Å²) in [7, 11) is 3.11. The average molecular weight is 282 g/mol. The van der Waals surface area contributed by atoms with Gasteiger partial charge in [0, 0.05) is 26.1 Å². The molecule has 0 aromatic carbocycles. The molecule has 0 amide bonds. The van der Waals surface area contributed by atoms with Crippen LogP contribution in [0.2, 0.25) is 0 Å². The van der Waals surface area contributed by atoms with Crippen molar-refractivity contribution in [2.24, 2.45) is 11.3 Å². The van der Waals surface area contributed by atoms with Gasteiger partial charge in [-0.3, -0.25) is 0 Å². The maximum atomic E-state index is 12.6. The molecule has 0 aromatic heterocycles. The van der Waals surface area contributed by atoms with Gasteiger partial charge < -0.3 is 9.47 Å². The van der Waals surface area contributed by atoms with E-state index >= 15 is 0 Å². The lowest BCUT2D eigenvalue weighted by Crippen LogP contribution is -2.41. The van der Waals surface area contributed by atoms with E-state index in [2.05, 4.69) is 0 Å². The summed E-state index contributed by atoms with van der Waals surface area (Å²) in [6, 6.07) is 0. The van der Waals surface area contributed by atoms with Gasteiger partial charge in [0.1, 0.15) is 0 Å². The number of methoxy groups -OCH3 is 2. The lowest BCUT2D eigenvalue weighted by molar-refractivity contribution is -0.151. The van der Waals surface area contributed by atoms with E-state index in [4.69, 9.17) is 9.47 Å². The summed E-state index contributed by atoms with van der Waals surface area (Å²) in [5.74, 6) is 0.281. The zero-order valence-electron chi connectivity index (χ0n) is 11.9. The summed E-state index contributed by atoms with van der Waals surface area (Å²) >= 11 is 0. The minimum atomic E-state index is -4.11. The van der Waals surface area contributed by atoms with Crippen molar-refractivity contribution in [2.45, 2.75) is 51.1 Å². The van der Waals surface area contributed by atoms with Crippen LogP contribution in [0.5, 0.6) is 0 Å². The highest BCUT2D eigenvalue weighted by molar-refractivity contribution is 4.89. The Morgan fingerprint density at radius 2 is 1.42 bits per heavy atom. The summed E-state index contributed by atoms with van der Waals surface area (Å²) in [5.41, 5.74) is -0.487. The van der Waals surface area contributed by atoms with Gasteiger partial charge in [-0.1, -0.05) is 19.3 Å². The fourth-order valence-corrected chi connectivity index (χ4v) is 3.31. The van der Waals surface area contributed by atoms with E-state index in [-0.39, 0.29) is 12.3 Å². The van der Waals surface area contributed by atoms with E-state index in [1.54, 1.807) is 14.2 Å². The molecule has 0 unspecified atom stereocenters. The second kappa shape index (κ2) is 7.48. The summed E-state index contributed by atoms with van der Waals surface area (Å²) in [5, 5.41) is 0. The molecule has 0 saturated heterocycles. The molecule has 0 spiro atoms. The Morgan fingerprint density at radius 3 is 1.84 bits per heavy atom. The Morgan fingerprint density at radius 1 is 0.895 bits per heavy atom. The van der Waals surface area contributed by atoms with Crippen molar-refractivity contribution in [1.29, 1.82) is 0 Å². The molecule has 0 aliphatic heterocycles. The van der Waals surface area contributed by atoms with Crippen LogP contribution in [0.15, 0.2) is 0 Å². The van der Waals surface area contributed by atoms with Crippen molar-refractivity contribution >= 4 is 0 Å². The van der Waals surface area contributed by atoms with Crippen molar-refractivity contribution in [3.63, 3.8) is 0 Å². The maximum Gasteiger partial charge on any atom is 0.389 e. The lowest BCUT2D eigenvalue weighted by atomic mass is 9.67. The van der Waals surface area contributed by atoms with Crippen LogP contribution in [0.25, 0.3) is 0 Å². The van der Waals surface area contributed by atoms with Crippen LogP contribution in [-0.2, 0) is 9.47 Å². The summed E-state index contributed by atoms with van der Waals surface area (Å²) in [6.07, 6.45) is 0.610. The van der Waals surface area contributed by atoms with Gasteiger partial charge >= 0.3 is 6.18 Å². The highest BCUT2D eigenvalue weighted by Crippen LogP contribution is 2.44. The summed E-state index contributed by atoms with van der Waals surface area (Å²) in [4.78, 5) is 0. The normalized spacial score (nSPS) is 18.8. The Bertz CT molecular complexity index is 242. The maximum absolute atomic E-state index is 12.6. The van der Waals surface area contributed by atoms with Crippen LogP contribution in [0.3, 0.4) is 0 Å². The van der Waals surface area contributed by atoms with Crippen LogP contribution in [0.1, 0.15) is 44.9 Å². The molecule has 1 aliphatic rings. The van der Waals surface area contributed by atoms with Crippen molar-refractivity contribution in [3.8, 4) is 0 Å². The van der Waals surface area contributed by atoms with Crippen LogP contribution < -0.4 is 0 Å². The summed E-state index contributed by atoms with van der Waals surface area (Å²) < 4.78 is 48.1. The molecule has 19 heavy (non-hydrogen) atoms. The van der Waals surface area contributed by atoms with Gasteiger partial charge in [0.15, 0.2) is 0 Å². The third kappa shape index (κ3) is 5.30. The number of alkyl halides is 3. The largest absolute Gasteiger partial charge is 0.389 e. The molecule has 1 saturated carbocycles. The Hall–Kier alpha value is -0.290. The molecular weight excluding hydrogens is 257 g/mol. The molecule has 1 fully saturated rings. The van der Waals surface area contributed by atoms with Gasteiger partial charge in [-0.15, -0.1) is 0 Å². The van der Waals surface area contributed by atoms with Crippen molar-refractivity contribution in [1.82, 2.24) is 0 Å². The number of halogens is 3. The molecule has 0 N–H and O–H groups in total. The minimum Gasteiger partial charge on any atom is -0.384 e. The molecule has 1 rings (SSSR count). The number of ether oxygens (including phenoxy) is 2. The first-order valence-electron chi connectivity index (χ1n) is 6.98. The predicted molar refractivity (Wildman–Crippen MR) is 68.0 cm³/mol. The van der Waals surface area contributed by atoms with E-state index in [1.807, 2.05) is 0 Å². The van der Waals surface area contributed by atoms with E-state index < -0.39 is 18.0 Å². The van der Waals surface area contributed by atoms with Crippen LogP contribution in [0, 0.1) is 11.3 Å². The number of rotatable bonds is 7. The van der Waals surface area contributed by atoms with Gasteiger partial charge in [0.2, 0.25) is 0 Å². The first kappa shape index (κ1) is 16.8. The molecule has 0 atom stereocenters. The topological polar surface area (TPSA) is 18.5 Å². The van der Waals surface area contributed by atoms with Crippen LogP contribution in [0.4, 0.5) is 13.2 Å². The lowest BCUT2D eigenvalue weighted by Gasteiger charge is -2.42. The smallest absolute Gasteiger partial charge is 0.384 e. The van der Waals surface area contributed by atoms with Crippen molar-refractivity contribution in [3.05, 3.63) is 0 Å². The molecule has 1 aliphatic carbocycles. The summed E-state index contributed by atoms with van der Waals surface area (Å²) in [6.45, 7) is 0.698.